The van der Waals surface area contributed by atoms with Crippen molar-refractivity contribution in [1.29, 1.82) is 0 Å². The van der Waals surface area contributed by atoms with Crippen LogP contribution >= 0.6 is 0 Å². The van der Waals surface area contributed by atoms with Gasteiger partial charge in [0.1, 0.15) is 0 Å². The molecule has 0 spiro atoms. The number of hydrogen-bond acceptors (Lipinski definition) is 0. The summed E-state index contributed by atoms with van der Waals surface area (Å²) in [6.07, 6.45) is 4.97. The molecule has 1 aliphatic carbocycles. The van der Waals surface area contributed by atoms with Gasteiger partial charge in [0, 0.05) is 0 Å². The van der Waals surface area contributed by atoms with E-state index in [1.54, 1.807) is 5.57 Å². The molecule has 1 aliphatic rings. The molecule has 0 aliphatic heterocycles. The van der Waals surface area contributed by atoms with E-state index >= 15 is 0 Å². The summed E-state index contributed by atoms with van der Waals surface area (Å²) in [5.41, 5.74) is 2.14. The molecule has 0 nitrogen and oxygen atoms in total. The summed E-state index contributed by atoms with van der Waals surface area (Å²) in [6.45, 7) is 9.29. The van der Waals surface area contributed by atoms with Crippen LogP contribution in [0.4, 0.5) is 0 Å². The Morgan fingerprint density at radius 1 is 1.60 bits per heavy atom. The molecular weight excluding hydrogens is 120 g/mol. The molecule has 0 N–H and O–H groups in total. The molecule has 0 aromatic rings. The van der Waals surface area contributed by atoms with E-state index in [1.165, 1.54) is 12.8 Å². The van der Waals surface area contributed by atoms with Gasteiger partial charge in [-0.15, -0.1) is 0 Å². The zero-order chi connectivity index (χ0) is 7.78. The molecule has 0 aromatic heterocycles. The standard InChI is InChI=1S/C10H18/c1-5-9-8(2)6-7-10(9,3)4/h6,9H,5,7H2,1-4H3. The van der Waals surface area contributed by atoms with Crippen molar-refractivity contribution < 1.29 is 0 Å². The highest BCUT2D eigenvalue weighted by molar-refractivity contribution is 5.15. The average Bonchev–Trinajstić information content (AvgIpc) is 2.07. The number of hydrogen-bond donors (Lipinski definition) is 0. The van der Waals surface area contributed by atoms with E-state index in [9.17, 15) is 0 Å². The fourth-order valence-corrected chi connectivity index (χ4v) is 2.20. The molecule has 0 amide bonds. The molecule has 0 saturated carbocycles. The molecule has 0 heterocycles. The van der Waals surface area contributed by atoms with Gasteiger partial charge < -0.3 is 0 Å². The van der Waals surface area contributed by atoms with Gasteiger partial charge in [-0.1, -0.05) is 32.4 Å². The van der Waals surface area contributed by atoms with Crippen LogP contribution in [-0.2, 0) is 0 Å². The average molecular weight is 138 g/mol. The molecule has 1 rings (SSSR count). The van der Waals surface area contributed by atoms with Crippen LogP contribution in [0.2, 0.25) is 0 Å². The molecule has 1 atom stereocenters. The van der Waals surface area contributed by atoms with Gasteiger partial charge in [-0.3, -0.25) is 0 Å². The Labute approximate surface area is 64.3 Å². The van der Waals surface area contributed by atoms with Crippen molar-refractivity contribution in [2.45, 2.75) is 40.5 Å². The summed E-state index contributed by atoms with van der Waals surface area (Å²) in [4.78, 5) is 0. The monoisotopic (exact) mass is 138 g/mol. The van der Waals surface area contributed by atoms with Crippen molar-refractivity contribution >= 4 is 0 Å². The Hall–Kier alpha value is -0.260. The van der Waals surface area contributed by atoms with E-state index in [0.29, 0.717) is 5.41 Å². The van der Waals surface area contributed by atoms with Crippen LogP contribution in [0, 0.1) is 11.3 Å². The highest BCUT2D eigenvalue weighted by Gasteiger charge is 2.32. The smallest absolute Gasteiger partial charge is 0.0154 e. The highest BCUT2D eigenvalue weighted by atomic mass is 14.4. The van der Waals surface area contributed by atoms with E-state index in [4.69, 9.17) is 0 Å². The summed E-state index contributed by atoms with van der Waals surface area (Å²) >= 11 is 0. The summed E-state index contributed by atoms with van der Waals surface area (Å²) in [6, 6.07) is 0. The van der Waals surface area contributed by atoms with Crippen LogP contribution in [0.5, 0.6) is 0 Å². The van der Waals surface area contributed by atoms with Crippen molar-refractivity contribution in [1.82, 2.24) is 0 Å². The van der Waals surface area contributed by atoms with Crippen molar-refractivity contribution in [3.05, 3.63) is 11.6 Å². The lowest BCUT2D eigenvalue weighted by Crippen LogP contribution is -2.18. The third-order valence-electron chi connectivity index (χ3n) is 2.85. The molecular formula is C10H18. The molecule has 1 unspecified atom stereocenters. The first-order chi connectivity index (χ1) is 4.58. The van der Waals surface area contributed by atoms with Crippen LogP contribution in [0.15, 0.2) is 11.6 Å². The fraction of sp³-hybridized carbons (Fsp3) is 0.800. The van der Waals surface area contributed by atoms with Crippen molar-refractivity contribution in [3.8, 4) is 0 Å². The second kappa shape index (κ2) is 2.41. The molecule has 0 heteroatoms. The molecule has 0 bridgehead atoms. The number of rotatable bonds is 1. The maximum atomic E-state index is 2.40. The van der Waals surface area contributed by atoms with Crippen LogP contribution < -0.4 is 0 Å². The molecule has 0 saturated heterocycles. The van der Waals surface area contributed by atoms with E-state index in [2.05, 4.69) is 33.8 Å². The maximum Gasteiger partial charge on any atom is -0.0154 e. The molecule has 58 valence electrons. The Morgan fingerprint density at radius 3 is 2.40 bits per heavy atom. The van der Waals surface area contributed by atoms with Gasteiger partial charge in [0.05, 0.1) is 0 Å². The zero-order valence-electron chi connectivity index (χ0n) is 7.57. The minimum absolute atomic E-state index is 0.541. The molecule has 0 fully saturated rings. The summed E-state index contributed by atoms with van der Waals surface area (Å²) in [5, 5.41) is 0. The number of allylic oxidation sites excluding steroid dienone is 2. The molecule has 0 radical (unpaired) electrons. The highest BCUT2D eigenvalue weighted by Crippen LogP contribution is 2.43. The van der Waals surface area contributed by atoms with Crippen LogP contribution in [-0.4, -0.2) is 0 Å². The Balaban J connectivity index is 2.73. The van der Waals surface area contributed by atoms with Gasteiger partial charge in [-0.05, 0) is 31.1 Å². The van der Waals surface area contributed by atoms with Crippen molar-refractivity contribution in [3.63, 3.8) is 0 Å². The van der Waals surface area contributed by atoms with Gasteiger partial charge in [0.25, 0.3) is 0 Å². The van der Waals surface area contributed by atoms with Crippen LogP contribution in [0.1, 0.15) is 40.5 Å². The first-order valence-electron chi connectivity index (χ1n) is 4.24. The van der Waals surface area contributed by atoms with E-state index in [-0.39, 0.29) is 0 Å². The summed E-state index contributed by atoms with van der Waals surface area (Å²) in [7, 11) is 0. The van der Waals surface area contributed by atoms with Gasteiger partial charge in [-0.2, -0.15) is 0 Å². The lowest BCUT2D eigenvalue weighted by Gasteiger charge is -2.27. The van der Waals surface area contributed by atoms with Crippen molar-refractivity contribution in [2.24, 2.45) is 11.3 Å². The van der Waals surface area contributed by atoms with Gasteiger partial charge in [0.15, 0.2) is 0 Å². The minimum Gasteiger partial charge on any atom is -0.0848 e. The van der Waals surface area contributed by atoms with Crippen LogP contribution in [0.3, 0.4) is 0 Å². The van der Waals surface area contributed by atoms with E-state index < -0.39 is 0 Å². The Morgan fingerprint density at radius 2 is 2.20 bits per heavy atom. The van der Waals surface area contributed by atoms with Crippen molar-refractivity contribution in [2.75, 3.05) is 0 Å². The molecule has 10 heavy (non-hydrogen) atoms. The first kappa shape index (κ1) is 7.84. The third-order valence-corrected chi connectivity index (χ3v) is 2.85. The maximum absolute atomic E-state index is 2.40. The van der Waals surface area contributed by atoms with Gasteiger partial charge in [-0.25, -0.2) is 0 Å². The third kappa shape index (κ3) is 1.12. The van der Waals surface area contributed by atoms with E-state index in [1.807, 2.05) is 0 Å². The first-order valence-corrected chi connectivity index (χ1v) is 4.24. The Bertz CT molecular complexity index is 151. The predicted molar refractivity (Wildman–Crippen MR) is 45.9 cm³/mol. The predicted octanol–water partition coefficient (Wildman–Crippen LogP) is 3.39. The largest absolute Gasteiger partial charge is 0.0848 e. The quantitative estimate of drug-likeness (QED) is 0.487. The van der Waals surface area contributed by atoms with Crippen LogP contribution in [0.25, 0.3) is 0 Å². The fourth-order valence-electron chi connectivity index (χ4n) is 2.20. The minimum atomic E-state index is 0.541. The SMILES string of the molecule is CCC1C(C)=CCC1(C)C. The van der Waals surface area contributed by atoms with E-state index in [0.717, 1.165) is 5.92 Å². The van der Waals surface area contributed by atoms with Gasteiger partial charge >= 0.3 is 0 Å². The summed E-state index contributed by atoms with van der Waals surface area (Å²) < 4.78 is 0. The normalized spacial score (nSPS) is 30.4. The second-order valence-electron chi connectivity index (χ2n) is 4.10. The lowest BCUT2D eigenvalue weighted by molar-refractivity contribution is 0.269. The molecule has 0 aromatic carbocycles. The Kier molecular flexibility index (Phi) is 1.89. The topological polar surface area (TPSA) is 0 Å². The second-order valence-corrected chi connectivity index (χ2v) is 4.10. The zero-order valence-corrected chi connectivity index (χ0v) is 7.57. The van der Waals surface area contributed by atoms with Gasteiger partial charge in [0.2, 0.25) is 0 Å². The summed E-state index contributed by atoms with van der Waals surface area (Å²) in [5.74, 6) is 0.840. The lowest BCUT2D eigenvalue weighted by atomic mass is 9.77.